The molecule has 0 saturated carbocycles. The highest BCUT2D eigenvalue weighted by Crippen LogP contribution is 2.35. The number of halogens is 1. The molecule has 4 aromatic rings. The highest BCUT2D eigenvalue weighted by molar-refractivity contribution is 7.92. The Kier molecular flexibility index (Phi) is 12.1. The Morgan fingerprint density at radius 2 is 1.55 bits per heavy atom. The molecule has 47 heavy (non-hydrogen) atoms. The van der Waals surface area contributed by atoms with Gasteiger partial charge in [-0.1, -0.05) is 96.4 Å². The summed E-state index contributed by atoms with van der Waals surface area (Å²) in [6, 6.07) is 27.1. The van der Waals surface area contributed by atoms with Crippen molar-refractivity contribution in [1.82, 2.24) is 10.2 Å². The largest absolute Gasteiger partial charge is 0.495 e. The van der Waals surface area contributed by atoms with Gasteiger partial charge in [-0.2, -0.15) is 0 Å². The minimum absolute atomic E-state index is 0.00138. The molecule has 10 heteroatoms. The topological polar surface area (TPSA) is 96.0 Å². The SMILES string of the molecule is CC[C@H](C)NC(=O)[C@@H](Cc1ccccc1)N(Cc1cccc(C)c1)C(=O)CN(c1cc(Cl)ccc1OC)S(=O)(=O)c1ccc(C)cc1. The van der Waals surface area contributed by atoms with Gasteiger partial charge in [-0.05, 0) is 68.7 Å². The number of anilines is 1. The molecule has 0 aliphatic carbocycles. The summed E-state index contributed by atoms with van der Waals surface area (Å²) in [7, 11) is -2.89. The first kappa shape index (κ1) is 35.5. The first-order valence-corrected chi connectivity index (χ1v) is 17.4. The molecule has 0 unspecified atom stereocenters. The van der Waals surface area contributed by atoms with Crippen LogP contribution in [0.4, 0.5) is 5.69 Å². The van der Waals surface area contributed by atoms with E-state index in [0.29, 0.717) is 6.42 Å². The van der Waals surface area contributed by atoms with E-state index in [4.69, 9.17) is 16.3 Å². The standard InChI is InChI=1S/C37H42ClN3O5S/c1-6-28(4)39-37(43)34(22-29-12-8-7-9-13-29)40(24-30-14-10-11-27(3)21-30)36(42)25-41(33-23-31(38)17-20-35(33)46-5)47(44,45)32-18-15-26(2)16-19-32/h7-21,23,28,34H,6,22,24-25H2,1-5H3,(H,39,43)/t28-,34+/m0/s1. The number of rotatable bonds is 14. The van der Waals surface area contributed by atoms with Gasteiger partial charge in [0.05, 0.1) is 17.7 Å². The Morgan fingerprint density at radius 3 is 2.19 bits per heavy atom. The molecule has 2 amide bonds. The van der Waals surface area contributed by atoms with Crippen LogP contribution in [0.3, 0.4) is 0 Å². The van der Waals surface area contributed by atoms with Crippen molar-refractivity contribution < 1.29 is 22.7 Å². The molecule has 0 aromatic heterocycles. The van der Waals surface area contributed by atoms with E-state index in [1.807, 2.05) is 82.3 Å². The summed E-state index contributed by atoms with van der Waals surface area (Å²) in [5, 5.41) is 3.32. The highest BCUT2D eigenvalue weighted by Gasteiger charge is 2.36. The zero-order chi connectivity index (χ0) is 34.1. The lowest BCUT2D eigenvalue weighted by Gasteiger charge is -2.34. The Bertz CT molecular complexity index is 1780. The monoisotopic (exact) mass is 675 g/mol. The van der Waals surface area contributed by atoms with E-state index in [-0.39, 0.29) is 46.3 Å². The Balaban J connectivity index is 1.86. The average Bonchev–Trinajstić information content (AvgIpc) is 3.05. The molecule has 0 aliphatic rings. The minimum atomic E-state index is -4.31. The fourth-order valence-electron chi connectivity index (χ4n) is 5.21. The van der Waals surface area contributed by atoms with Gasteiger partial charge < -0.3 is 15.0 Å². The van der Waals surface area contributed by atoms with E-state index in [0.717, 1.165) is 26.6 Å². The van der Waals surface area contributed by atoms with Gasteiger partial charge in [-0.15, -0.1) is 0 Å². The molecule has 0 radical (unpaired) electrons. The fourth-order valence-corrected chi connectivity index (χ4v) is 6.79. The van der Waals surface area contributed by atoms with E-state index < -0.39 is 28.5 Å². The van der Waals surface area contributed by atoms with Crippen molar-refractivity contribution in [3.63, 3.8) is 0 Å². The average molecular weight is 676 g/mol. The first-order valence-electron chi connectivity index (χ1n) is 15.5. The van der Waals surface area contributed by atoms with Crippen molar-refractivity contribution in [3.05, 3.63) is 124 Å². The number of sulfonamides is 1. The summed E-state index contributed by atoms with van der Waals surface area (Å²) < 4.78 is 35.2. The number of amides is 2. The third kappa shape index (κ3) is 9.14. The third-order valence-corrected chi connectivity index (χ3v) is 10.0. The maximum absolute atomic E-state index is 14.7. The summed E-state index contributed by atoms with van der Waals surface area (Å²) in [5.74, 6) is -0.666. The van der Waals surface area contributed by atoms with Crippen molar-refractivity contribution in [2.24, 2.45) is 0 Å². The lowest BCUT2D eigenvalue weighted by Crippen LogP contribution is -2.54. The normalized spacial score (nSPS) is 12.6. The predicted molar refractivity (Wildman–Crippen MR) is 187 cm³/mol. The summed E-state index contributed by atoms with van der Waals surface area (Å²) in [5.41, 5.74) is 3.65. The van der Waals surface area contributed by atoms with E-state index in [9.17, 15) is 18.0 Å². The number of ether oxygens (including phenoxy) is 1. The lowest BCUT2D eigenvalue weighted by atomic mass is 10.0. The number of methoxy groups -OCH3 is 1. The highest BCUT2D eigenvalue weighted by atomic mass is 35.5. The smallest absolute Gasteiger partial charge is 0.264 e. The predicted octanol–water partition coefficient (Wildman–Crippen LogP) is 6.72. The number of hydrogen-bond donors (Lipinski definition) is 1. The summed E-state index contributed by atoms with van der Waals surface area (Å²) in [4.78, 5) is 30.2. The van der Waals surface area contributed by atoms with Crippen LogP contribution in [0.25, 0.3) is 0 Å². The second kappa shape index (κ2) is 16.0. The molecule has 4 aromatic carbocycles. The molecule has 8 nitrogen and oxygen atoms in total. The number of aryl methyl sites for hydroxylation is 2. The number of hydrogen-bond acceptors (Lipinski definition) is 5. The van der Waals surface area contributed by atoms with Gasteiger partial charge in [0, 0.05) is 24.0 Å². The first-order chi connectivity index (χ1) is 22.4. The van der Waals surface area contributed by atoms with Gasteiger partial charge in [-0.25, -0.2) is 8.42 Å². The molecule has 1 N–H and O–H groups in total. The van der Waals surface area contributed by atoms with Gasteiger partial charge in [0.1, 0.15) is 18.3 Å². The van der Waals surface area contributed by atoms with Crippen LogP contribution in [0.5, 0.6) is 5.75 Å². The molecular weight excluding hydrogens is 634 g/mol. The van der Waals surface area contributed by atoms with Gasteiger partial charge in [-0.3, -0.25) is 13.9 Å². The molecule has 2 atom stereocenters. The van der Waals surface area contributed by atoms with Crippen LogP contribution in [0, 0.1) is 13.8 Å². The van der Waals surface area contributed by atoms with E-state index in [1.165, 1.54) is 30.2 Å². The zero-order valence-corrected chi connectivity index (χ0v) is 29.0. The zero-order valence-electron chi connectivity index (χ0n) is 27.4. The maximum Gasteiger partial charge on any atom is 0.264 e. The van der Waals surface area contributed by atoms with Crippen LogP contribution >= 0.6 is 11.6 Å². The molecule has 0 aliphatic heterocycles. The van der Waals surface area contributed by atoms with Gasteiger partial charge in [0.25, 0.3) is 10.0 Å². The summed E-state index contributed by atoms with van der Waals surface area (Å²) in [6.45, 7) is 7.16. The molecule has 0 fully saturated rings. The van der Waals surface area contributed by atoms with Crippen LogP contribution in [-0.2, 0) is 32.6 Å². The van der Waals surface area contributed by atoms with Crippen LogP contribution in [0.15, 0.2) is 102 Å². The van der Waals surface area contributed by atoms with E-state index >= 15 is 0 Å². The number of carbonyl (C=O) groups is 2. The number of benzene rings is 4. The molecule has 0 bridgehead atoms. The molecule has 248 valence electrons. The summed E-state index contributed by atoms with van der Waals surface area (Å²) in [6.07, 6.45) is 0.929. The number of carbonyl (C=O) groups excluding carboxylic acids is 2. The molecule has 4 rings (SSSR count). The number of nitrogens with one attached hydrogen (secondary N) is 1. The van der Waals surface area contributed by atoms with Gasteiger partial charge in [0.2, 0.25) is 11.8 Å². The van der Waals surface area contributed by atoms with Gasteiger partial charge >= 0.3 is 0 Å². The lowest BCUT2D eigenvalue weighted by molar-refractivity contribution is -0.140. The quantitative estimate of drug-likeness (QED) is 0.160. The van der Waals surface area contributed by atoms with Crippen LogP contribution in [0.1, 0.15) is 42.5 Å². The Hall–Kier alpha value is -4.34. The Morgan fingerprint density at radius 1 is 0.872 bits per heavy atom. The fraction of sp³-hybridized carbons (Fsp3) is 0.297. The van der Waals surface area contributed by atoms with Crippen LogP contribution in [0.2, 0.25) is 5.02 Å². The molecule has 0 heterocycles. The van der Waals surface area contributed by atoms with Crippen molar-refractivity contribution >= 4 is 39.1 Å². The van der Waals surface area contributed by atoms with E-state index in [1.54, 1.807) is 24.3 Å². The molecule has 0 spiro atoms. The van der Waals surface area contributed by atoms with Crippen molar-refractivity contribution in [3.8, 4) is 5.75 Å². The summed E-state index contributed by atoms with van der Waals surface area (Å²) >= 11 is 6.38. The molecular formula is C37H42ClN3O5S. The second-order valence-corrected chi connectivity index (χ2v) is 14.0. The second-order valence-electron chi connectivity index (χ2n) is 11.7. The van der Waals surface area contributed by atoms with Crippen molar-refractivity contribution in [2.45, 2.75) is 64.1 Å². The van der Waals surface area contributed by atoms with Crippen molar-refractivity contribution in [2.75, 3.05) is 18.0 Å². The van der Waals surface area contributed by atoms with Gasteiger partial charge in [0.15, 0.2) is 0 Å². The van der Waals surface area contributed by atoms with Crippen LogP contribution < -0.4 is 14.4 Å². The van der Waals surface area contributed by atoms with Crippen molar-refractivity contribution in [1.29, 1.82) is 0 Å². The molecule has 0 saturated heterocycles. The van der Waals surface area contributed by atoms with Crippen LogP contribution in [-0.4, -0.2) is 50.9 Å². The Labute approximate surface area is 283 Å². The third-order valence-electron chi connectivity index (χ3n) is 8.00. The van der Waals surface area contributed by atoms with E-state index in [2.05, 4.69) is 5.32 Å². The number of nitrogens with zero attached hydrogens (tertiary/aromatic N) is 2. The maximum atomic E-state index is 14.7. The minimum Gasteiger partial charge on any atom is -0.495 e.